The van der Waals surface area contributed by atoms with Crippen LogP contribution in [0.2, 0.25) is 0 Å². The second kappa shape index (κ2) is 5.12. The summed E-state index contributed by atoms with van der Waals surface area (Å²) >= 11 is 0. The third-order valence-corrected chi connectivity index (χ3v) is 4.25. The molecule has 2 aromatic heterocycles. The van der Waals surface area contributed by atoms with Crippen LogP contribution in [0.1, 0.15) is 17.4 Å². The third-order valence-electron chi connectivity index (χ3n) is 4.25. The number of carbonyl (C=O) groups is 1. The van der Waals surface area contributed by atoms with Gasteiger partial charge in [0.05, 0.1) is 22.6 Å². The van der Waals surface area contributed by atoms with Crippen molar-refractivity contribution in [2.45, 2.75) is 19.4 Å². The number of hydrogen-bond donors (Lipinski definition) is 2. The zero-order valence-corrected chi connectivity index (χ0v) is 12.9. The Kier molecular flexibility index (Phi) is 3.07. The first kappa shape index (κ1) is 13.8. The van der Waals surface area contributed by atoms with Crippen molar-refractivity contribution in [1.82, 2.24) is 24.6 Å². The van der Waals surface area contributed by atoms with Crippen LogP contribution in [0.25, 0.3) is 11.0 Å². The van der Waals surface area contributed by atoms with Gasteiger partial charge >= 0.3 is 0 Å². The smallest absolute Gasteiger partial charge is 0.244 e. The van der Waals surface area contributed by atoms with Crippen LogP contribution in [0.15, 0.2) is 30.3 Å². The molecule has 3 aromatic rings. The Morgan fingerprint density at radius 2 is 2.17 bits per heavy atom. The number of imidazole rings is 1. The number of H-pyrrole nitrogens is 1. The van der Waals surface area contributed by atoms with Gasteiger partial charge < -0.3 is 15.6 Å². The Bertz CT molecular complexity index is 841. The molecule has 1 fully saturated rings. The molecule has 1 aliphatic rings. The summed E-state index contributed by atoms with van der Waals surface area (Å²) in [5.74, 6) is 1.77. The standard InChI is InChI=1S/C16H18N6O/c1-10-6-14(17)22(20-10)9-15(23)21-7-11(8-21)16-18-12-4-2-3-5-13(12)19-16/h2-6,11H,7-9,17H2,1H3,(H,18,19). The zero-order chi connectivity index (χ0) is 16.0. The lowest BCUT2D eigenvalue weighted by atomic mass is 9.99. The number of amides is 1. The molecular formula is C16H18N6O. The Balaban J connectivity index is 1.40. The molecule has 0 radical (unpaired) electrons. The molecule has 0 saturated carbocycles. The molecule has 4 rings (SSSR count). The quantitative estimate of drug-likeness (QED) is 0.762. The van der Waals surface area contributed by atoms with E-state index in [-0.39, 0.29) is 18.4 Å². The number of para-hydroxylation sites is 2. The lowest BCUT2D eigenvalue weighted by Crippen LogP contribution is -2.50. The number of aromatic amines is 1. The molecule has 7 nitrogen and oxygen atoms in total. The monoisotopic (exact) mass is 310 g/mol. The Labute approximate surface area is 133 Å². The van der Waals surface area contributed by atoms with Gasteiger partial charge in [-0.2, -0.15) is 5.10 Å². The molecule has 1 amide bonds. The van der Waals surface area contributed by atoms with Crippen LogP contribution in [-0.2, 0) is 11.3 Å². The van der Waals surface area contributed by atoms with Gasteiger partial charge in [-0.15, -0.1) is 0 Å². The predicted octanol–water partition coefficient (Wildman–Crippen LogP) is 1.28. The molecule has 0 bridgehead atoms. The van der Waals surface area contributed by atoms with Crippen molar-refractivity contribution in [3.05, 3.63) is 41.9 Å². The van der Waals surface area contributed by atoms with Crippen LogP contribution < -0.4 is 5.73 Å². The summed E-state index contributed by atoms with van der Waals surface area (Å²) in [5.41, 5.74) is 8.64. The van der Waals surface area contributed by atoms with Gasteiger partial charge in [-0.3, -0.25) is 4.79 Å². The minimum atomic E-state index is 0.0344. The summed E-state index contributed by atoms with van der Waals surface area (Å²) in [7, 11) is 0. The maximum absolute atomic E-state index is 12.3. The number of hydrogen-bond acceptors (Lipinski definition) is 4. The van der Waals surface area contributed by atoms with E-state index in [0.717, 1.165) is 22.6 Å². The molecule has 1 aromatic carbocycles. The number of benzene rings is 1. The van der Waals surface area contributed by atoms with Gasteiger partial charge in [0.25, 0.3) is 0 Å². The largest absolute Gasteiger partial charge is 0.384 e. The second-order valence-corrected chi connectivity index (χ2v) is 6.00. The van der Waals surface area contributed by atoms with Crippen LogP contribution in [0, 0.1) is 6.92 Å². The normalized spacial score (nSPS) is 15.1. The molecule has 0 spiro atoms. The van der Waals surface area contributed by atoms with E-state index in [0.29, 0.717) is 18.9 Å². The molecule has 3 heterocycles. The van der Waals surface area contributed by atoms with Crippen LogP contribution in [-0.4, -0.2) is 43.6 Å². The molecule has 7 heteroatoms. The van der Waals surface area contributed by atoms with E-state index in [4.69, 9.17) is 5.73 Å². The van der Waals surface area contributed by atoms with Crippen molar-refractivity contribution in [3.8, 4) is 0 Å². The Morgan fingerprint density at radius 1 is 1.39 bits per heavy atom. The Hall–Kier alpha value is -2.83. The van der Waals surface area contributed by atoms with E-state index in [2.05, 4.69) is 15.1 Å². The Morgan fingerprint density at radius 3 is 2.87 bits per heavy atom. The molecule has 0 atom stereocenters. The van der Waals surface area contributed by atoms with Crippen molar-refractivity contribution < 1.29 is 4.79 Å². The number of fused-ring (bicyclic) bond motifs is 1. The maximum atomic E-state index is 12.3. The molecule has 0 aliphatic carbocycles. The molecule has 3 N–H and O–H groups in total. The van der Waals surface area contributed by atoms with E-state index in [1.807, 2.05) is 36.1 Å². The number of anilines is 1. The fraction of sp³-hybridized carbons (Fsp3) is 0.312. The predicted molar refractivity (Wildman–Crippen MR) is 86.8 cm³/mol. The molecule has 0 unspecified atom stereocenters. The molecule has 23 heavy (non-hydrogen) atoms. The number of carbonyl (C=O) groups excluding carboxylic acids is 1. The summed E-state index contributed by atoms with van der Waals surface area (Å²) < 4.78 is 1.55. The number of rotatable bonds is 3. The highest BCUT2D eigenvalue weighted by Crippen LogP contribution is 2.27. The lowest BCUT2D eigenvalue weighted by molar-refractivity contribution is -0.136. The average Bonchev–Trinajstić information content (AvgIpc) is 3.00. The lowest BCUT2D eigenvalue weighted by Gasteiger charge is -2.38. The topological polar surface area (TPSA) is 92.8 Å². The minimum Gasteiger partial charge on any atom is -0.384 e. The van der Waals surface area contributed by atoms with Gasteiger partial charge in [0, 0.05) is 19.2 Å². The highest BCUT2D eigenvalue weighted by atomic mass is 16.2. The third kappa shape index (κ3) is 2.44. The van der Waals surface area contributed by atoms with Gasteiger partial charge in [-0.25, -0.2) is 9.67 Å². The van der Waals surface area contributed by atoms with E-state index >= 15 is 0 Å². The van der Waals surface area contributed by atoms with E-state index < -0.39 is 0 Å². The molecule has 1 saturated heterocycles. The first-order valence-corrected chi connectivity index (χ1v) is 7.62. The van der Waals surface area contributed by atoms with E-state index in [1.165, 1.54) is 0 Å². The number of aromatic nitrogens is 4. The number of nitrogens with one attached hydrogen (secondary N) is 1. The summed E-state index contributed by atoms with van der Waals surface area (Å²) in [4.78, 5) is 22.0. The van der Waals surface area contributed by atoms with Crippen LogP contribution >= 0.6 is 0 Å². The van der Waals surface area contributed by atoms with Gasteiger partial charge in [0.1, 0.15) is 18.2 Å². The summed E-state index contributed by atoms with van der Waals surface area (Å²) in [6.45, 7) is 3.41. The van der Waals surface area contributed by atoms with E-state index in [1.54, 1.807) is 10.7 Å². The van der Waals surface area contributed by atoms with Crippen LogP contribution in [0.4, 0.5) is 5.82 Å². The molecule has 1 aliphatic heterocycles. The molecular weight excluding hydrogens is 292 g/mol. The summed E-state index contributed by atoms with van der Waals surface area (Å²) in [5, 5.41) is 4.22. The number of nitrogens with zero attached hydrogens (tertiary/aromatic N) is 4. The van der Waals surface area contributed by atoms with Crippen molar-refractivity contribution in [2.75, 3.05) is 18.8 Å². The van der Waals surface area contributed by atoms with Crippen molar-refractivity contribution >= 4 is 22.8 Å². The number of likely N-dealkylation sites (tertiary alicyclic amines) is 1. The van der Waals surface area contributed by atoms with Crippen molar-refractivity contribution in [3.63, 3.8) is 0 Å². The summed E-state index contributed by atoms with van der Waals surface area (Å²) in [6, 6.07) is 9.72. The molecule has 118 valence electrons. The highest BCUT2D eigenvalue weighted by molar-refractivity contribution is 5.78. The van der Waals surface area contributed by atoms with Crippen LogP contribution in [0.3, 0.4) is 0 Å². The van der Waals surface area contributed by atoms with Gasteiger partial charge in [-0.1, -0.05) is 12.1 Å². The van der Waals surface area contributed by atoms with E-state index in [9.17, 15) is 4.79 Å². The highest BCUT2D eigenvalue weighted by Gasteiger charge is 2.33. The minimum absolute atomic E-state index is 0.0344. The summed E-state index contributed by atoms with van der Waals surface area (Å²) in [6.07, 6.45) is 0. The first-order valence-electron chi connectivity index (χ1n) is 7.62. The fourth-order valence-corrected chi connectivity index (χ4v) is 2.94. The second-order valence-electron chi connectivity index (χ2n) is 6.00. The van der Waals surface area contributed by atoms with Gasteiger partial charge in [0.2, 0.25) is 5.91 Å². The van der Waals surface area contributed by atoms with Crippen molar-refractivity contribution in [1.29, 1.82) is 0 Å². The number of aryl methyl sites for hydroxylation is 1. The van der Waals surface area contributed by atoms with Crippen molar-refractivity contribution in [2.24, 2.45) is 0 Å². The first-order chi connectivity index (χ1) is 11.1. The zero-order valence-electron chi connectivity index (χ0n) is 12.9. The number of nitrogen functional groups attached to an aromatic ring is 1. The maximum Gasteiger partial charge on any atom is 0.244 e. The van der Waals surface area contributed by atoms with Gasteiger partial charge in [0.15, 0.2) is 0 Å². The van der Waals surface area contributed by atoms with Gasteiger partial charge in [-0.05, 0) is 19.1 Å². The number of nitrogens with two attached hydrogens (primary N) is 1. The fourth-order valence-electron chi connectivity index (χ4n) is 2.94. The average molecular weight is 310 g/mol. The van der Waals surface area contributed by atoms with Crippen LogP contribution in [0.5, 0.6) is 0 Å². The SMILES string of the molecule is Cc1cc(N)n(CC(=O)N2CC(c3nc4ccccc4[nH]3)C2)n1.